The normalized spacial score (nSPS) is 12.9. The molecule has 1 aliphatic heterocycles. The van der Waals surface area contributed by atoms with Gasteiger partial charge in [0.25, 0.3) is 0 Å². The van der Waals surface area contributed by atoms with Gasteiger partial charge in [-0.2, -0.15) is 0 Å². The largest absolute Gasteiger partial charge is 0.493 e. The van der Waals surface area contributed by atoms with Gasteiger partial charge in [-0.05, 0) is 62.1 Å². The van der Waals surface area contributed by atoms with E-state index in [2.05, 4.69) is 142 Å². The maximum Gasteiger partial charge on any atom is 0.143 e. The second kappa shape index (κ2) is 14.1. The molecule has 0 fully saturated rings. The summed E-state index contributed by atoms with van der Waals surface area (Å²) >= 11 is 0. The Hall–Kier alpha value is -5.54. The molecule has 0 saturated carbocycles. The molecule has 0 N–H and O–H groups in total. The second-order valence-corrected chi connectivity index (χ2v) is 12.6. The maximum absolute atomic E-state index is 7.40. The minimum Gasteiger partial charge on any atom is -0.493 e. The van der Waals surface area contributed by atoms with E-state index in [-0.39, 0.29) is 5.92 Å². The number of hydrogen-bond donors (Lipinski definition) is 0. The highest BCUT2D eigenvalue weighted by atomic mass is 16.5. The van der Waals surface area contributed by atoms with Gasteiger partial charge in [0.1, 0.15) is 23.0 Å². The van der Waals surface area contributed by atoms with Crippen molar-refractivity contribution in [3.05, 3.63) is 157 Å². The van der Waals surface area contributed by atoms with E-state index in [0.29, 0.717) is 13.2 Å². The molecule has 6 aromatic rings. The van der Waals surface area contributed by atoms with Gasteiger partial charge < -0.3 is 14.2 Å². The number of fused-ring (bicyclic) bond motifs is 6. The van der Waals surface area contributed by atoms with Crippen LogP contribution in [-0.2, 0) is 0 Å². The molecular weight excluding hydrogens is 588 g/mol. The van der Waals surface area contributed by atoms with Gasteiger partial charge in [-0.1, -0.05) is 126 Å². The number of aryl methyl sites for hydroxylation is 2. The first kappa shape index (κ1) is 31.1. The molecule has 0 aliphatic carbocycles. The molecule has 0 radical (unpaired) electrons. The Morgan fingerprint density at radius 2 is 1.00 bits per heavy atom. The van der Waals surface area contributed by atoms with Crippen molar-refractivity contribution >= 4 is 0 Å². The zero-order chi connectivity index (χ0) is 32.9. The molecule has 1 aliphatic rings. The van der Waals surface area contributed by atoms with E-state index in [1.807, 2.05) is 18.2 Å². The summed E-state index contributed by atoms with van der Waals surface area (Å²) in [5, 5.41) is 0. The van der Waals surface area contributed by atoms with Crippen LogP contribution < -0.4 is 14.2 Å². The van der Waals surface area contributed by atoms with Gasteiger partial charge in [0.2, 0.25) is 0 Å². The maximum atomic E-state index is 7.40. The summed E-state index contributed by atoms with van der Waals surface area (Å²) in [6.45, 7) is 9.27. The molecule has 0 saturated heterocycles. The smallest absolute Gasteiger partial charge is 0.143 e. The van der Waals surface area contributed by atoms with Gasteiger partial charge in [-0.15, -0.1) is 6.58 Å². The lowest BCUT2D eigenvalue weighted by molar-refractivity contribution is 0.171. The summed E-state index contributed by atoms with van der Waals surface area (Å²) in [5.74, 6) is 3.36. The van der Waals surface area contributed by atoms with Crippen molar-refractivity contribution in [2.75, 3.05) is 13.2 Å². The highest BCUT2D eigenvalue weighted by Gasteiger charge is 2.24. The standard InChI is InChI=1S/C45H40O3/c1-4-5-14-33-29-46-42-25-23-31(2)27-40(42)38-21-12-19-36(34-15-8-6-9-16-34)44(38)48-45-37(35-17-10-7-11-18-35)20-13-22-39(45)41-28-32(3)24-26-43(41)47-30-33/h4,6-13,15-28,33H,1,5,14,29-30H2,2-3H3. The number of hydrogen-bond acceptors (Lipinski definition) is 3. The van der Waals surface area contributed by atoms with Crippen LogP contribution in [0.5, 0.6) is 23.0 Å². The number of allylic oxidation sites excluding steroid dienone is 1. The first-order valence-electron chi connectivity index (χ1n) is 16.7. The van der Waals surface area contributed by atoms with Gasteiger partial charge in [0.05, 0.1) is 13.2 Å². The summed E-state index contributed by atoms with van der Waals surface area (Å²) in [5.41, 5.74) is 10.4. The quantitative estimate of drug-likeness (QED) is 0.178. The molecule has 0 unspecified atom stereocenters. The minimum absolute atomic E-state index is 0.163. The van der Waals surface area contributed by atoms with Crippen molar-refractivity contribution in [2.45, 2.75) is 26.7 Å². The Morgan fingerprint density at radius 1 is 0.542 bits per heavy atom. The lowest BCUT2D eigenvalue weighted by Gasteiger charge is -2.25. The zero-order valence-corrected chi connectivity index (χ0v) is 27.6. The van der Waals surface area contributed by atoms with E-state index >= 15 is 0 Å². The third kappa shape index (κ3) is 6.50. The fourth-order valence-corrected chi connectivity index (χ4v) is 6.45. The molecule has 1 heterocycles. The second-order valence-electron chi connectivity index (χ2n) is 12.6. The van der Waals surface area contributed by atoms with Gasteiger partial charge in [0, 0.05) is 39.3 Å². The monoisotopic (exact) mass is 628 g/mol. The summed E-state index contributed by atoms with van der Waals surface area (Å²) in [6, 6.07) is 46.5. The van der Waals surface area contributed by atoms with Gasteiger partial charge in [-0.3, -0.25) is 0 Å². The van der Waals surface area contributed by atoms with Crippen LogP contribution in [0.1, 0.15) is 24.0 Å². The molecule has 0 aromatic heterocycles. The van der Waals surface area contributed by atoms with E-state index in [4.69, 9.17) is 14.2 Å². The third-order valence-electron chi connectivity index (χ3n) is 8.98. The van der Waals surface area contributed by atoms with Crippen LogP contribution in [0, 0.1) is 19.8 Å². The number of ether oxygens (including phenoxy) is 3. The van der Waals surface area contributed by atoms with Crippen molar-refractivity contribution in [2.24, 2.45) is 5.92 Å². The summed E-state index contributed by atoms with van der Waals surface area (Å²) < 4.78 is 20.8. The highest BCUT2D eigenvalue weighted by Crippen LogP contribution is 2.50. The number of para-hydroxylation sites is 2. The fourth-order valence-electron chi connectivity index (χ4n) is 6.45. The molecular formula is C45H40O3. The van der Waals surface area contributed by atoms with E-state index in [9.17, 15) is 0 Å². The topological polar surface area (TPSA) is 27.7 Å². The van der Waals surface area contributed by atoms with Crippen LogP contribution in [-0.4, -0.2) is 13.2 Å². The Morgan fingerprint density at radius 3 is 1.46 bits per heavy atom. The average molecular weight is 629 g/mol. The van der Waals surface area contributed by atoms with Crippen molar-refractivity contribution in [1.82, 2.24) is 0 Å². The molecule has 0 amide bonds. The van der Waals surface area contributed by atoms with Crippen LogP contribution in [0.3, 0.4) is 0 Å². The highest BCUT2D eigenvalue weighted by molar-refractivity contribution is 5.89. The molecule has 0 atom stereocenters. The molecule has 6 aromatic carbocycles. The molecule has 238 valence electrons. The molecule has 0 bridgehead atoms. The number of benzene rings is 6. The van der Waals surface area contributed by atoms with Crippen molar-refractivity contribution in [3.8, 4) is 67.5 Å². The zero-order valence-electron chi connectivity index (χ0n) is 27.6. The molecule has 7 rings (SSSR count). The van der Waals surface area contributed by atoms with Crippen molar-refractivity contribution in [1.29, 1.82) is 0 Å². The molecule has 3 heteroatoms. The van der Waals surface area contributed by atoms with Crippen LogP contribution in [0.15, 0.2) is 146 Å². The van der Waals surface area contributed by atoms with E-state index in [0.717, 1.165) is 91.5 Å². The van der Waals surface area contributed by atoms with Crippen molar-refractivity contribution in [3.63, 3.8) is 0 Å². The summed E-state index contributed by atoms with van der Waals surface area (Å²) in [4.78, 5) is 0. The molecule has 3 nitrogen and oxygen atoms in total. The van der Waals surface area contributed by atoms with Crippen LogP contribution in [0.25, 0.3) is 44.5 Å². The first-order valence-corrected chi connectivity index (χ1v) is 16.7. The average Bonchev–Trinajstić information content (AvgIpc) is 3.12. The van der Waals surface area contributed by atoms with E-state index in [1.54, 1.807) is 0 Å². The van der Waals surface area contributed by atoms with Crippen molar-refractivity contribution < 1.29 is 14.2 Å². The molecule has 0 spiro atoms. The SMILES string of the molecule is C=CCCC1COc2ccc(C)cc2-c2cccc(-c3ccccc3)c2Oc2c(-c3ccccc3)cccc2-c2cc(C)ccc2OC1. The summed E-state index contributed by atoms with van der Waals surface area (Å²) in [6.07, 6.45) is 3.78. The lowest BCUT2D eigenvalue weighted by atomic mass is 9.94. The van der Waals surface area contributed by atoms with Gasteiger partial charge in [-0.25, -0.2) is 0 Å². The van der Waals surface area contributed by atoms with Crippen LogP contribution >= 0.6 is 0 Å². The predicted molar refractivity (Wildman–Crippen MR) is 198 cm³/mol. The summed E-state index contributed by atoms with van der Waals surface area (Å²) in [7, 11) is 0. The van der Waals surface area contributed by atoms with Gasteiger partial charge in [0.15, 0.2) is 0 Å². The van der Waals surface area contributed by atoms with E-state index in [1.165, 1.54) is 0 Å². The Labute approximate surface area is 284 Å². The Kier molecular flexibility index (Phi) is 9.11. The minimum atomic E-state index is 0.163. The van der Waals surface area contributed by atoms with E-state index < -0.39 is 0 Å². The first-order chi connectivity index (χ1) is 23.6. The third-order valence-corrected chi connectivity index (χ3v) is 8.98. The predicted octanol–water partition coefficient (Wildman–Crippen LogP) is 12.1. The van der Waals surface area contributed by atoms with Crippen LogP contribution in [0.2, 0.25) is 0 Å². The number of rotatable bonds is 5. The molecule has 48 heavy (non-hydrogen) atoms. The Balaban J connectivity index is 1.55. The van der Waals surface area contributed by atoms with Crippen LogP contribution in [0.4, 0.5) is 0 Å². The lowest BCUT2D eigenvalue weighted by Crippen LogP contribution is -2.20. The fraction of sp³-hybridized carbons (Fsp3) is 0.156. The van der Waals surface area contributed by atoms with Gasteiger partial charge >= 0.3 is 0 Å². The Bertz CT molecular complexity index is 1900.